The van der Waals surface area contributed by atoms with Gasteiger partial charge in [-0.25, -0.2) is 0 Å². The minimum Gasteiger partial charge on any atom is -0.314 e. The molecule has 1 aromatic rings. The SMILES string of the molecule is CSc1nnc(CCCNC2CCN(C)CC2)n1CC(C)C. The monoisotopic (exact) mass is 325 g/mol. The fourth-order valence-corrected chi connectivity index (χ4v) is 3.49. The second-order valence-electron chi connectivity index (χ2n) is 6.74. The number of hydrogen-bond acceptors (Lipinski definition) is 5. The van der Waals surface area contributed by atoms with Crippen LogP contribution in [0, 0.1) is 5.92 Å². The van der Waals surface area contributed by atoms with E-state index in [1.54, 1.807) is 11.8 Å². The van der Waals surface area contributed by atoms with E-state index in [1.807, 2.05) is 0 Å². The van der Waals surface area contributed by atoms with Crippen molar-refractivity contribution in [3.05, 3.63) is 5.82 Å². The first kappa shape index (κ1) is 17.8. The van der Waals surface area contributed by atoms with Gasteiger partial charge < -0.3 is 14.8 Å². The highest BCUT2D eigenvalue weighted by molar-refractivity contribution is 7.98. The predicted molar refractivity (Wildman–Crippen MR) is 93.5 cm³/mol. The van der Waals surface area contributed by atoms with Gasteiger partial charge in [0.2, 0.25) is 0 Å². The quantitative estimate of drug-likeness (QED) is 0.587. The zero-order chi connectivity index (χ0) is 15.9. The Morgan fingerprint density at radius 2 is 2.00 bits per heavy atom. The van der Waals surface area contributed by atoms with Gasteiger partial charge in [-0.3, -0.25) is 0 Å². The molecule has 0 aromatic carbocycles. The fourth-order valence-electron chi connectivity index (χ4n) is 2.97. The highest BCUT2D eigenvalue weighted by atomic mass is 32.2. The molecule has 0 radical (unpaired) electrons. The number of nitrogens with zero attached hydrogens (tertiary/aromatic N) is 4. The van der Waals surface area contributed by atoms with Crippen LogP contribution in [0.4, 0.5) is 0 Å². The van der Waals surface area contributed by atoms with E-state index in [0.29, 0.717) is 12.0 Å². The van der Waals surface area contributed by atoms with Gasteiger partial charge in [-0.1, -0.05) is 25.6 Å². The van der Waals surface area contributed by atoms with Crippen LogP contribution in [0.1, 0.15) is 38.9 Å². The zero-order valence-electron chi connectivity index (χ0n) is 14.5. The fraction of sp³-hybridized carbons (Fsp3) is 0.875. The van der Waals surface area contributed by atoms with Crippen molar-refractivity contribution >= 4 is 11.8 Å². The molecule has 0 bridgehead atoms. The highest BCUT2D eigenvalue weighted by Crippen LogP contribution is 2.16. The van der Waals surface area contributed by atoms with Gasteiger partial charge in [0.1, 0.15) is 5.82 Å². The molecule has 1 aliphatic rings. The van der Waals surface area contributed by atoms with Crippen LogP contribution in [-0.2, 0) is 13.0 Å². The van der Waals surface area contributed by atoms with Gasteiger partial charge in [0.15, 0.2) is 5.16 Å². The van der Waals surface area contributed by atoms with E-state index in [9.17, 15) is 0 Å². The molecule has 126 valence electrons. The number of rotatable bonds is 8. The van der Waals surface area contributed by atoms with Crippen molar-refractivity contribution in [1.29, 1.82) is 0 Å². The lowest BCUT2D eigenvalue weighted by molar-refractivity contribution is 0.234. The van der Waals surface area contributed by atoms with E-state index in [-0.39, 0.29) is 0 Å². The van der Waals surface area contributed by atoms with Crippen molar-refractivity contribution in [2.24, 2.45) is 5.92 Å². The molecule has 0 atom stereocenters. The molecule has 22 heavy (non-hydrogen) atoms. The Hall–Kier alpha value is -0.590. The van der Waals surface area contributed by atoms with Crippen molar-refractivity contribution in [3.8, 4) is 0 Å². The Morgan fingerprint density at radius 3 is 2.64 bits per heavy atom. The van der Waals surface area contributed by atoms with Crippen LogP contribution in [0.2, 0.25) is 0 Å². The van der Waals surface area contributed by atoms with Gasteiger partial charge >= 0.3 is 0 Å². The van der Waals surface area contributed by atoms with Crippen LogP contribution >= 0.6 is 11.8 Å². The van der Waals surface area contributed by atoms with Crippen LogP contribution in [0.5, 0.6) is 0 Å². The first-order valence-electron chi connectivity index (χ1n) is 8.48. The van der Waals surface area contributed by atoms with Crippen LogP contribution in [-0.4, -0.2) is 58.6 Å². The number of nitrogens with one attached hydrogen (secondary N) is 1. The zero-order valence-corrected chi connectivity index (χ0v) is 15.3. The highest BCUT2D eigenvalue weighted by Gasteiger charge is 2.16. The summed E-state index contributed by atoms with van der Waals surface area (Å²) in [6, 6.07) is 0.700. The number of aryl methyl sites for hydroxylation is 1. The minimum atomic E-state index is 0.623. The van der Waals surface area contributed by atoms with E-state index >= 15 is 0 Å². The predicted octanol–water partition coefficient (Wildman–Crippen LogP) is 2.27. The molecule has 6 heteroatoms. The van der Waals surface area contributed by atoms with Crippen LogP contribution in [0.25, 0.3) is 0 Å². The maximum atomic E-state index is 4.39. The minimum absolute atomic E-state index is 0.623. The molecule has 1 aromatic heterocycles. The summed E-state index contributed by atoms with van der Waals surface area (Å²) in [5.74, 6) is 1.77. The number of hydrogen-bond donors (Lipinski definition) is 1. The van der Waals surface area contributed by atoms with E-state index in [4.69, 9.17) is 0 Å². The van der Waals surface area contributed by atoms with Crippen molar-refractivity contribution in [2.45, 2.75) is 57.3 Å². The Morgan fingerprint density at radius 1 is 1.27 bits per heavy atom. The number of piperidine rings is 1. The number of thioether (sulfide) groups is 1. The summed E-state index contributed by atoms with van der Waals surface area (Å²) in [6.45, 7) is 9.03. The van der Waals surface area contributed by atoms with E-state index in [2.05, 4.69) is 52.1 Å². The number of likely N-dealkylation sites (tertiary alicyclic amines) is 1. The van der Waals surface area contributed by atoms with Gasteiger partial charge in [0.25, 0.3) is 0 Å². The second-order valence-corrected chi connectivity index (χ2v) is 7.52. The molecule has 2 heterocycles. The van der Waals surface area contributed by atoms with Crippen molar-refractivity contribution in [2.75, 3.05) is 32.9 Å². The summed E-state index contributed by atoms with van der Waals surface area (Å²) in [7, 11) is 2.21. The molecule has 1 fully saturated rings. The van der Waals surface area contributed by atoms with Crippen LogP contribution < -0.4 is 5.32 Å². The van der Waals surface area contributed by atoms with E-state index in [1.165, 1.54) is 25.9 Å². The molecule has 0 aliphatic carbocycles. The molecule has 1 N–H and O–H groups in total. The third kappa shape index (κ3) is 5.25. The number of aromatic nitrogens is 3. The van der Waals surface area contributed by atoms with Gasteiger partial charge in [0.05, 0.1) is 0 Å². The topological polar surface area (TPSA) is 46.0 Å². The summed E-state index contributed by atoms with van der Waals surface area (Å²) in [4.78, 5) is 2.41. The molecule has 5 nitrogen and oxygen atoms in total. The maximum absolute atomic E-state index is 4.39. The Balaban J connectivity index is 1.75. The molecule has 2 rings (SSSR count). The lowest BCUT2D eigenvalue weighted by Gasteiger charge is -2.29. The lowest BCUT2D eigenvalue weighted by atomic mass is 10.1. The van der Waals surface area contributed by atoms with Gasteiger partial charge in [-0.2, -0.15) is 0 Å². The Bertz CT molecular complexity index is 438. The molecule has 0 spiro atoms. The van der Waals surface area contributed by atoms with Crippen LogP contribution in [0.3, 0.4) is 0 Å². The van der Waals surface area contributed by atoms with Gasteiger partial charge in [-0.05, 0) is 58.1 Å². The molecular weight excluding hydrogens is 294 g/mol. The molecule has 0 saturated carbocycles. The Labute approximate surface area is 139 Å². The summed E-state index contributed by atoms with van der Waals surface area (Å²) < 4.78 is 2.30. The summed E-state index contributed by atoms with van der Waals surface area (Å²) in [6.07, 6.45) is 6.77. The normalized spacial score (nSPS) is 17.5. The second kappa shape index (κ2) is 8.89. The average molecular weight is 326 g/mol. The third-order valence-corrected chi connectivity index (χ3v) is 4.92. The largest absolute Gasteiger partial charge is 0.314 e. The summed E-state index contributed by atoms with van der Waals surface area (Å²) >= 11 is 1.69. The Kier molecular flexibility index (Phi) is 7.18. The summed E-state index contributed by atoms with van der Waals surface area (Å²) in [5, 5.41) is 13.5. The first-order chi connectivity index (χ1) is 10.6. The standard InChI is InChI=1S/C16H31N5S/c1-13(2)12-21-15(18-19-16(21)22-4)6-5-9-17-14-7-10-20(3)11-8-14/h13-14,17H,5-12H2,1-4H3. The summed E-state index contributed by atoms with van der Waals surface area (Å²) in [5.41, 5.74) is 0. The smallest absolute Gasteiger partial charge is 0.190 e. The molecular formula is C16H31N5S. The molecule has 0 unspecified atom stereocenters. The van der Waals surface area contributed by atoms with Gasteiger partial charge in [0, 0.05) is 19.0 Å². The van der Waals surface area contributed by atoms with Crippen molar-refractivity contribution in [3.63, 3.8) is 0 Å². The molecule has 0 amide bonds. The lowest BCUT2D eigenvalue weighted by Crippen LogP contribution is -2.41. The van der Waals surface area contributed by atoms with Gasteiger partial charge in [-0.15, -0.1) is 10.2 Å². The molecule has 1 saturated heterocycles. The van der Waals surface area contributed by atoms with Crippen molar-refractivity contribution in [1.82, 2.24) is 25.0 Å². The van der Waals surface area contributed by atoms with Crippen LogP contribution in [0.15, 0.2) is 5.16 Å². The van der Waals surface area contributed by atoms with Crippen molar-refractivity contribution < 1.29 is 0 Å². The average Bonchev–Trinajstić information content (AvgIpc) is 2.87. The maximum Gasteiger partial charge on any atom is 0.190 e. The molecule has 1 aliphatic heterocycles. The first-order valence-corrected chi connectivity index (χ1v) is 9.70. The van der Waals surface area contributed by atoms with E-state index in [0.717, 1.165) is 36.9 Å². The van der Waals surface area contributed by atoms with E-state index < -0.39 is 0 Å². The third-order valence-electron chi connectivity index (χ3n) is 4.25.